The Labute approximate surface area is 95.2 Å². The van der Waals surface area contributed by atoms with Crippen molar-refractivity contribution in [3.8, 4) is 6.01 Å². The van der Waals surface area contributed by atoms with E-state index in [9.17, 15) is 0 Å². The lowest BCUT2D eigenvalue weighted by Gasteiger charge is -2.11. The van der Waals surface area contributed by atoms with Crippen molar-refractivity contribution in [3.63, 3.8) is 0 Å². The lowest BCUT2D eigenvalue weighted by Crippen LogP contribution is -2.15. The molecule has 0 spiro atoms. The number of nitrogens with zero attached hydrogens (tertiary/aromatic N) is 4. The highest BCUT2D eigenvalue weighted by molar-refractivity contribution is 5.33. The Hall–Kier alpha value is -1.85. The van der Waals surface area contributed by atoms with Gasteiger partial charge in [-0.15, -0.1) is 6.58 Å². The molecule has 0 saturated carbocycles. The first-order valence-electron chi connectivity index (χ1n) is 4.95. The lowest BCUT2D eigenvalue weighted by atomic mass is 10.3. The molecule has 0 atom stereocenters. The molecule has 0 aliphatic heterocycles. The second-order valence-corrected chi connectivity index (χ2v) is 3.73. The topological polar surface area (TPSA) is 77.2 Å². The Morgan fingerprint density at radius 1 is 1.38 bits per heavy atom. The van der Waals surface area contributed by atoms with Gasteiger partial charge in [0.25, 0.3) is 0 Å². The Kier molecular flexibility index (Phi) is 4.04. The first-order valence-corrected chi connectivity index (χ1v) is 4.95. The van der Waals surface area contributed by atoms with Crippen LogP contribution >= 0.6 is 0 Å². The molecule has 16 heavy (non-hydrogen) atoms. The maximum absolute atomic E-state index is 5.54. The van der Waals surface area contributed by atoms with Crippen molar-refractivity contribution in [2.24, 2.45) is 0 Å². The van der Waals surface area contributed by atoms with Crippen LogP contribution in [0.2, 0.25) is 0 Å². The molecule has 2 N–H and O–H groups in total. The van der Waals surface area contributed by atoms with Crippen LogP contribution in [0.25, 0.3) is 0 Å². The van der Waals surface area contributed by atoms with Crippen molar-refractivity contribution in [1.29, 1.82) is 0 Å². The molecule has 1 aromatic heterocycles. The maximum Gasteiger partial charge on any atom is 0.323 e. The van der Waals surface area contributed by atoms with Gasteiger partial charge in [0, 0.05) is 20.5 Å². The summed E-state index contributed by atoms with van der Waals surface area (Å²) in [5.74, 6) is 0.641. The van der Waals surface area contributed by atoms with Gasteiger partial charge in [0.1, 0.15) is 0 Å². The largest absolute Gasteiger partial charge is 0.463 e. The zero-order valence-corrected chi connectivity index (χ0v) is 9.90. The Morgan fingerprint density at radius 2 is 2.06 bits per heavy atom. The predicted molar refractivity (Wildman–Crippen MR) is 63.5 cm³/mol. The molecule has 0 fully saturated rings. The van der Waals surface area contributed by atoms with Crippen LogP contribution in [0.5, 0.6) is 6.01 Å². The summed E-state index contributed by atoms with van der Waals surface area (Å²) in [6.07, 6.45) is 0.767. The number of hydrogen-bond donors (Lipinski definition) is 1. The van der Waals surface area contributed by atoms with Crippen molar-refractivity contribution in [2.45, 2.75) is 13.3 Å². The molecular weight excluding hydrogens is 206 g/mol. The van der Waals surface area contributed by atoms with E-state index in [1.807, 2.05) is 21.0 Å². The predicted octanol–water partition coefficient (Wildman–Crippen LogP) is 0.865. The molecule has 0 unspecified atom stereocenters. The molecule has 1 rings (SSSR count). The van der Waals surface area contributed by atoms with Crippen LogP contribution in [0, 0.1) is 0 Å². The van der Waals surface area contributed by atoms with E-state index < -0.39 is 0 Å². The Balaban J connectivity index is 2.69. The van der Waals surface area contributed by atoms with Crippen molar-refractivity contribution in [2.75, 3.05) is 31.3 Å². The minimum absolute atomic E-state index is 0.157. The summed E-state index contributed by atoms with van der Waals surface area (Å²) in [6, 6.07) is 0.248. The normalized spacial score (nSPS) is 9.94. The molecule has 6 nitrogen and oxygen atoms in total. The molecule has 6 heteroatoms. The molecule has 1 heterocycles. The molecule has 0 aliphatic rings. The van der Waals surface area contributed by atoms with Gasteiger partial charge in [-0.2, -0.15) is 15.0 Å². The van der Waals surface area contributed by atoms with E-state index in [1.165, 1.54) is 0 Å². The second kappa shape index (κ2) is 5.29. The summed E-state index contributed by atoms with van der Waals surface area (Å²) in [5, 5.41) is 0. The van der Waals surface area contributed by atoms with Crippen LogP contribution in [0.4, 0.5) is 11.9 Å². The van der Waals surface area contributed by atoms with Crippen LogP contribution in [0.1, 0.15) is 13.3 Å². The van der Waals surface area contributed by atoms with E-state index in [-0.39, 0.29) is 12.0 Å². The van der Waals surface area contributed by atoms with Crippen molar-refractivity contribution in [1.82, 2.24) is 15.0 Å². The minimum Gasteiger partial charge on any atom is -0.463 e. The average molecular weight is 223 g/mol. The fourth-order valence-electron chi connectivity index (χ4n) is 0.942. The lowest BCUT2D eigenvalue weighted by molar-refractivity contribution is 0.296. The van der Waals surface area contributed by atoms with E-state index in [0.717, 1.165) is 12.0 Å². The van der Waals surface area contributed by atoms with E-state index in [2.05, 4.69) is 21.5 Å². The number of hydrogen-bond acceptors (Lipinski definition) is 6. The third-order valence-corrected chi connectivity index (χ3v) is 1.78. The van der Waals surface area contributed by atoms with Gasteiger partial charge in [0.05, 0.1) is 6.61 Å². The molecule has 0 aliphatic carbocycles. The number of rotatable bonds is 5. The van der Waals surface area contributed by atoms with E-state index in [0.29, 0.717) is 12.6 Å². The van der Waals surface area contributed by atoms with Gasteiger partial charge >= 0.3 is 6.01 Å². The van der Waals surface area contributed by atoms with Crippen LogP contribution in [0.3, 0.4) is 0 Å². The molecule has 0 aromatic carbocycles. The van der Waals surface area contributed by atoms with E-state index in [1.54, 1.807) is 4.90 Å². The smallest absolute Gasteiger partial charge is 0.323 e. The molecule has 0 amide bonds. The van der Waals surface area contributed by atoms with Crippen LogP contribution in [-0.4, -0.2) is 35.7 Å². The average Bonchev–Trinajstić information content (AvgIpc) is 2.16. The van der Waals surface area contributed by atoms with Gasteiger partial charge < -0.3 is 15.4 Å². The SMILES string of the molecule is C=C(C)CCOc1nc(N)nc(N(C)C)n1. The van der Waals surface area contributed by atoms with Gasteiger partial charge in [-0.1, -0.05) is 5.57 Å². The quantitative estimate of drug-likeness (QED) is 0.746. The van der Waals surface area contributed by atoms with Gasteiger partial charge in [0.2, 0.25) is 11.9 Å². The fraction of sp³-hybridized carbons (Fsp3) is 0.500. The van der Waals surface area contributed by atoms with Gasteiger partial charge in [0.15, 0.2) is 0 Å². The van der Waals surface area contributed by atoms with E-state index in [4.69, 9.17) is 10.5 Å². The first kappa shape index (κ1) is 12.2. The molecule has 88 valence electrons. The highest BCUT2D eigenvalue weighted by Crippen LogP contribution is 2.11. The van der Waals surface area contributed by atoms with Crippen LogP contribution in [0.15, 0.2) is 12.2 Å². The van der Waals surface area contributed by atoms with Crippen LogP contribution < -0.4 is 15.4 Å². The Morgan fingerprint density at radius 3 is 2.62 bits per heavy atom. The summed E-state index contributed by atoms with van der Waals surface area (Å²) >= 11 is 0. The van der Waals surface area contributed by atoms with Crippen molar-refractivity contribution in [3.05, 3.63) is 12.2 Å². The summed E-state index contributed by atoms with van der Waals surface area (Å²) < 4.78 is 5.36. The van der Waals surface area contributed by atoms with Gasteiger partial charge in [-0.3, -0.25) is 0 Å². The Bertz CT molecular complexity index is 377. The zero-order valence-electron chi connectivity index (χ0n) is 9.90. The van der Waals surface area contributed by atoms with Crippen molar-refractivity contribution < 1.29 is 4.74 Å². The second-order valence-electron chi connectivity index (χ2n) is 3.73. The summed E-state index contributed by atoms with van der Waals surface area (Å²) in [6.45, 7) is 6.22. The zero-order chi connectivity index (χ0) is 12.1. The maximum atomic E-state index is 5.54. The van der Waals surface area contributed by atoms with Crippen molar-refractivity contribution >= 4 is 11.9 Å². The minimum atomic E-state index is 0.157. The third-order valence-electron chi connectivity index (χ3n) is 1.78. The summed E-state index contributed by atoms with van der Waals surface area (Å²) in [7, 11) is 3.65. The number of anilines is 2. The van der Waals surface area contributed by atoms with E-state index >= 15 is 0 Å². The highest BCUT2D eigenvalue weighted by Gasteiger charge is 2.06. The summed E-state index contributed by atoms with van der Waals surface area (Å²) in [5.41, 5.74) is 6.59. The highest BCUT2D eigenvalue weighted by atomic mass is 16.5. The van der Waals surface area contributed by atoms with Crippen LogP contribution in [-0.2, 0) is 0 Å². The number of ether oxygens (including phenoxy) is 1. The fourth-order valence-corrected chi connectivity index (χ4v) is 0.942. The molecular formula is C10H17N5O. The molecule has 1 aromatic rings. The standard InChI is InChI=1S/C10H17N5O/c1-7(2)5-6-16-10-13-8(11)12-9(14-10)15(3)4/h1,5-6H2,2-4H3,(H2,11,12,13,14). The number of aromatic nitrogens is 3. The number of nitrogens with two attached hydrogens (primary N) is 1. The number of nitrogen functional groups attached to an aromatic ring is 1. The van der Waals surface area contributed by atoms with Gasteiger partial charge in [-0.25, -0.2) is 0 Å². The summed E-state index contributed by atoms with van der Waals surface area (Å²) in [4.78, 5) is 13.7. The molecule has 0 bridgehead atoms. The third kappa shape index (κ3) is 3.72. The molecule has 0 saturated heterocycles. The monoisotopic (exact) mass is 223 g/mol. The van der Waals surface area contributed by atoms with Gasteiger partial charge in [-0.05, 0) is 6.92 Å². The molecule has 0 radical (unpaired) electrons. The first-order chi connectivity index (χ1) is 7.49.